The molecule has 0 aliphatic carbocycles. The molecule has 0 fully saturated rings. The van der Waals surface area contributed by atoms with Gasteiger partial charge in [0.05, 0.1) is 0 Å². The van der Waals surface area contributed by atoms with Crippen molar-refractivity contribution in [3.8, 4) is 0 Å². The van der Waals surface area contributed by atoms with E-state index < -0.39 is 0 Å². The third-order valence-electron chi connectivity index (χ3n) is 0.853. The molecule has 0 unspecified atom stereocenters. The van der Waals surface area contributed by atoms with E-state index in [0.717, 1.165) is 12.8 Å². The number of rotatable bonds is 5. The van der Waals surface area contributed by atoms with Gasteiger partial charge in [0.1, 0.15) is 0 Å². The third-order valence-corrected chi connectivity index (χ3v) is 1.61. The van der Waals surface area contributed by atoms with Gasteiger partial charge >= 0.3 is 75.0 Å². The van der Waals surface area contributed by atoms with Crippen molar-refractivity contribution >= 4 is 0 Å². The van der Waals surface area contributed by atoms with Crippen molar-refractivity contribution < 1.29 is 46.8 Å². The maximum atomic E-state index is 7.87. The average Bonchev–Trinajstić information content (AvgIpc) is 1.81. The molecule has 52 valence electrons. The van der Waals surface area contributed by atoms with E-state index in [1.165, 1.54) is 8.81 Å². The summed E-state index contributed by atoms with van der Waals surface area (Å²) in [5.74, 6) is 0. The van der Waals surface area contributed by atoms with Crippen LogP contribution in [-0.4, -0.2) is 11.9 Å². The van der Waals surface area contributed by atoms with Crippen LogP contribution in [0.4, 0.5) is 0 Å². The second-order valence-electron chi connectivity index (χ2n) is 1.56. The first-order valence-electron chi connectivity index (χ1n) is 2.71. The molecule has 0 saturated heterocycles. The summed E-state index contributed by atoms with van der Waals surface area (Å²) in [6.07, 6.45) is 3.38. The van der Waals surface area contributed by atoms with Crippen LogP contribution in [0.5, 0.6) is 0 Å². The fourth-order valence-electron chi connectivity index (χ4n) is 0.427. The monoisotopic (exact) mass is 262 g/mol. The topological polar surface area (TPSA) is 29.5 Å². The zero-order valence-electron chi connectivity index (χ0n) is 4.72. The summed E-state index contributed by atoms with van der Waals surface area (Å²) in [6, 6.07) is 0. The van der Waals surface area contributed by atoms with Crippen LogP contribution in [0.1, 0.15) is 19.3 Å². The number of unbranched alkanes of at least 4 members (excludes halogenated alkanes) is 2. The Kier molecular flexibility index (Phi) is 9.44. The Labute approximate surface area is 74.5 Å². The van der Waals surface area contributed by atoms with E-state index in [4.69, 9.17) is 5.26 Å². The van der Waals surface area contributed by atoms with Crippen LogP contribution in [0, 0.1) is 36.6 Å². The molecule has 2 nitrogen and oxygen atoms in total. The van der Waals surface area contributed by atoms with Crippen molar-refractivity contribution in [3.63, 3.8) is 0 Å². The van der Waals surface area contributed by atoms with Gasteiger partial charge in [-0.2, -0.15) is 0 Å². The van der Waals surface area contributed by atoms with Crippen molar-refractivity contribution in [3.05, 3.63) is 0 Å². The molecule has 0 atom stereocenters. The van der Waals surface area contributed by atoms with Gasteiger partial charge in [-0.25, -0.2) is 0 Å². The Bertz CT molecular complexity index is 35.4. The Morgan fingerprint density at radius 3 is 2.50 bits per heavy atom. The van der Waals surface area contributed by atoms with Crippen molar-refractivity contribution in [2.24, 2.45) is 0 Å². The van der Waals surface area contributed by atoms with Gasteiger partial charge in [-0.1, -0.05) is 0 Å². The molecule has 0 heterocycles. The summed E-state index contributed by atoms with van der Waals surface area (Å²) in [5, 5.41) is 7.87. The molecule has 8 heavy (non-hydrogen) atoms. The van der Waals surface area contributed by atoms with Crippen molar-refractivity contribution in [1.82, 2.24) is 0 Å². The van der Waals surface area contributed by atoms with E-state index in [0.29, 0.717) is 6.61 Å². The molecule has 0 radical (unpaired) electrons. The SMILES string of the molecule is OOCCCC[CH2][Tb]. The molecule has 0 rings (SSSR count). The van der Waals surface area contributed by atoms with Crippen LogP contribution in [0.3, 0.4) is 0 Å². The zero-order valence-corrected chi connectivity index (χ0v) is 6.86. The second kappa shape index (κ2) is 8.21. The first-order chi connectivity index (χ1) is 3.91. The van der Waals surface area contributed by atoms with Gasteiger partial charge in [0, 0.05) is 0 Å². The van der Waals surface area contributed by atoms with Crippen LogP contribution < -0.4 is 0 Å². The molecule has 0 aromatic heterocycles. The quantitative estimate of drug-likeness (QED) is 0.463. The van der Waals surface area contributed by atoms with E-state index >= 15 is 0 Å². The zero-order chi connectivity index (χ0) is 6.24. The molecule has 3 heteroatoms. The van der Waals surface area contributed by atoms with E-state index in [2.05, 4.69) is 41.5 Å². The molecule has 0 amide bonds. The van der Waals surface area contributed by atoms with Crippen molar-refractivity contribution in [2.45, 2.75) is 21.7 Å². The molecule has 0 aliphatic rings. The fourth-order valence-corrected chi connectivity index (χ4v) is 0.961. The Balaban J connectivity index is 2.53. The summed E-state index contributed by atoms with van der Waals surface area (Å²) in [6.45, 7) is 0.486. The van der Waals surface area contributed by atoms with Gasteiger partial charge < -0.3 is 0 Å². The predicted molar refractivity (Wildman–Crippen MR) is 27.2 cm³/mol. The van der Waals surface area contributed by atoms with Crippen LogP contribution >= 0.6 is 0 Å². The molecule has 0 aromatic rings. The van der Waals surface area contributed by atoms with Crippen molar-refractivity contribution in [1.29, 1.82) is 0 Å². The molecule has 0 bridgehead atoms. The van der Waals surface area contributed by atoms with Crippen molar-refractivity contribution in [2.75, 3.05) is 6.61 Å². The van der Waals surface area contributed by atoms with Crippen LogP contribution in [0.2, 0.25) is 2.39 Å². The first-order valence-corrected chi connectivity index (χ1v) is 4.22. The first kappa shape index (κ1) is 9.21. The summed E-state index contributed by atoms with van der Waals surface area (Å²) < 4.78 is 1.23. The average molecular weight is 262 g/mol. The Morgan fingerprint density at radius 2 is 2.00 bits per heavy atom. The summed E-state index contributed by atoms with van der Waals surface area (Å²) in [4.78, 5) is 3.89. The molecular weight excluding hydrogens is 251 g/mol. The number of hydrogen-bond acceptors (Lipinski definition) is 2. The Hall–Kier alpha value is 1.21. The molecule has 0 aliphatic heterocycles. The van der Waals surface area contributed by atoms with Crippen LogP contribution in [0.15, 0.2) is 0 Å². The minimum atomic E-state index is 0.486. The number of hydrogen-bond donors (Lipinski definition) is 1. The van der Waals surface area contributed by atoms with Gasteiger partial charge in [0.15, 0.2) is 0 Å². The molecule has 0 saturated carbocycles. The molecular formula is C5H11O2Tb. The normalized spacial score (nSPS) is 9.88. The predicted octanol–water partition coefficient (Wildman–Crippen LogP) is 1.61. The maximum absolute atomic E-state index is 7.87. The van der Waals surface area contributed by atoms with E-state index in [1.54, 1.807) is 0 Å². The minimum absolute atomic E-state index is 0.486. The fraction of sp³-hybridized carbons (Fsp3) is 1.00. The summed E-state index contributed by atoms with van der Waals surface area (Å²) in [7, 11) is 0. The van der Waals surface area contributed by atoms with Crippen LogP contribution in [0.25, 0.3) is 0 Å². The molecule has 0 spiro atoms. The van der Waals surface area contributed by atoms with E-state index in [1.807, 2.05) is 0 Å². The molecule has 0 aromatic carbocycles. The second-order valence-corrected chi connectivity index (χ2v) is 2.63. The van der Waals surface area contributed by atoms with Gasteiger partial charge in [0.2, 0.25) is 0 Å². The van der Waals surface area contributed by atoms with E-state index in [9.17, 15) is 0 Å². The third kappa shape index (κ3) is 7.21. The summed E-state index contributed by atoms with van der Waals surface area (Å²) in [5.41, 5.74) is 0. The van der Waals surface area contributed by atoms with Gasteiger partial charge in [-0.15, -0.1) is 0 Å². The van der Waals surface area contributed by atoms with Gasteiger partial charge in [-0.3, -0.25) is 0 Å². The molecule has 1 N–H and O–H groups in total. The van der Waals surface area contributed by atoms with Crippen LogP contribution in [-0.2, 0) is 4.89 Å². The van der Waals surface area contributed by atoms with Gasteiger partial charge in [-0.05, 0) is 0 Å². The Morgan fingerprint density at radius 1 is 1.25 bits per heavy atom. The standard InChI is InChI=1S/C5H11O2.Tb/c1-2-3-4-5-7-6;/h6H,1-5H2;. The van der Waals surface area contributed by atoms with E-state index in [-0.39, 0.29) is 0 Å². The summed E-state index contributed by atoms with van der Waals surface area (Å²) >= 11 is 2.15. The van der Waals surface area contributed by atoms with Gasteiger partial charge in [0.25, 0.3) is 0 Å².